The zero-order chi connectivity index (χ0) is 14.9. The third-order valence-electron chi connectivity index (χ3n) is 3.33. The molecule has 0 spiro atoms. The Bertz CT molecular complexity index is 272. The summed E-state index contributed by atoms with van der Waals surface area (Å²) in [5, 5.41) is 10.2. The maximum absolute atomic E-state index is 10.2. The van der Waals surface area contributed by atoms with Crippen molar-refractivity contribution >= 4 is 5.97 Å². The van der Waals surface area contributed by atoms with E-state index in [9.17, 15) is 9.90 Å². The van der Waals surface area contributed by atoms with Crippen molar-refractivity contribution in [1.29, 1.82) is 0 Å². The van der Waals surface area contributed by atoms with Crippen LogP contribution in [0.1, 0.15) is 84.0 Å². The maximum atomic E-state index is 10.2. The van der Waals surface area contributed by atoms with Gasteiger partial charge in [0.25, 0.3) is 0 Å². The summed E-state index contributed by atoms with van der Waals surface area (Å²) in [6, 6.07) is 0. The second-order valence-corrected chi connectivity index (χ2v) is 5.35. The molecule has 116 valence electrons. The molecule has 0 aliphatic rings. The van der Waals surface area contributed by atoms with Crippen molar-refractivity contribution in [1.82, 2.24) is 0 Å². The first-order valence-corrected chi connectivity index (χ1v) is 8.27. The quantitative estimate of drug-likeness (QED) is 0.276. The molecule has 0 saturated carbocycles. The SMILES string of the molecule is CCCCC/C=C\C/C=C\CCCCCCCC(=O)[O-].[Li+]. The summed E-state index contributed by atoms with van der Waals surface area (Å²) in [6.45, 7) is 2.23. The van der Waals surface area contributed by atoms with Gasteiger partial charge in [-0.1, -0.05) is 63.3 Å². The number of carboxylic acids is 1. The molecule has 0 aliphatic carbocycles. The van der Waals surface area contributed by atoms with Crippen LogP contribution in [0.3, 0.4) is 0 Å². The number of carbonyl (C=O) groups excluding carboxylic acids is 1. The van der Waals surface area contributed by atoms with Crippen molar-refractivity contribution < 1.29 is 28.8 Å². The Labute approximate surface area is 143 Å². The van der Waals surface area contributed by atoms with E-state index in [4.69, 9.17) is 0 Å². The fourth-order valence-corrected chi connectivity index (χ4v) is 2.08. The molecule has 0 N–H and O–H groups in total. The number of aliphatic carboxylic acids is 1. The first-order chi connectivity index (χ1) is 9.77. The summed E-state index contributed by atoms with van der Waals surface area (Å²) in [6.07, 6.45) is 21.9. The maximum Gasteiger partial charge on any atom is 1.00 e. The predicted octanol–water partition coefficient (Wildman–Crippen LogP) is 1.55. The number of rotatable bonds is 14. The van der Waals surface area contributed by atoms with Crippen LogP contribution in [0.2, 0.25) is 0 Å². The molecule has 0 heterocycles. The van der Waals surface area contributed by atoms with E-state index in [2.05, 4.69) is 31.2 Å². The molecule has 0 radical (unpaired) electrons. The second kappa shape index (κ2) is 19.5. The fourth-order valence-electron chi connectivity index (χ4n) is 2.08. The molecule has 0 bridgehead atoms. The summed E-state index contributed by atoms with van der Waals surface area (Å²) >= 11 is 0. The van der Waals surface area contributed by atoms with E-state index >= 15 is 0 Å². The first-order valence-electron chi connectivity index (χ1n) is 8.27. The van der Waals surface area contributed by atoms with Crippen molar-refractivity contribution in [2.24, 2.45) is 0 Å². The molecule has 3 heteroatoms. The topological polar surface area (TPSA) is 40.1 Å². The number of carbonyl (C=O) groups is 1. The normalized spacial score (nSPS) is 11.1. The zero-order valence-corrected chi connectivity index (χ0v) is 14.1. The van der Waals surface area contributed by atoms with Gasteiger partial charge >= 0.3 is 18.9 Å². The van der Waals surface area contributed by atoms with E-state index in [1.165, 1.54) is 38.5 Å². The largest absolute Gasteiger partial charge is 1.00 e. The third-order valence-corrected chi connectivity index (χ3v) is 3.33. The van der Waals surface area contributed by atoms with Gasteiger partial charge in [0.05, 0.1) is 0 Å². The Balaban J connectivity index is 0. The van der Waals surface area contributed by atoms with Gasteiger partial charge in [-0.15, -0.1) is 0 Å². The third kappa shape index (κ3) is 22.0. The Morgan fingerprint density at radius 2 is 1.33 bits per heavy atom. The van der Waals surface area contributed by atoms with Crippen molar-refractivity contribution in [3.63, 3.8) is 0 Å². The molecule has 0 rings (SSSR count). The van der Waals surface area contributed by atoms with Crippen LogP contribution in [0.15, 0.2) is 24.3 Å². The smallest absolute Gasteiger partial charge is 0.550 e. The van der Waals surface area contributed by atoms with E-state index < -0.39 is 5.97 Å². The van der Waals surface area contributed by atoms with E-state index in [1.807, 2.05) is 0 Å². The van der Waals surface area contributed by atoms with Crippen molar-refractivity contribution in [2.45, 2.75) is 84.0 Å². The van der Waals surface area contributed by atoms with Crippen LogP contribution in [-0.2, 0) is 4.79 Å². The number of hydrogen-bond donors (Lipinski definition) is 0. The molecule has 0 saturated heterocycles. The predicted molar refractivity (Wildman–Crippen MR) is 84.4 cm³/mol. The van der Waals surface area contributed by atoms with Gasteiger partial charge < -0.3 is 9.90 Å². The van der Waals surface area contributed by atoms with E-state index in [1.54, 1.807) is 0 Å². The van der Waals surface area contributed by atoms with Crippen LogP contribution >= 0.6 is 0 Å². The first kappa shape index (κ1) is 22.8. The van der Waals surface area contributed by atoms with Crippen LogP contribution < -0.4 is 24.0 Å². The number of allylic oxidation sites excluding steroid dienone is 4. The van der Waals surface area contributed by atoms with Crippen LogP contribution in [0.5, 0.6) is 0 Å². The standard InChI is InChI=1S/C18H32O2.Li/c1-2-3-4-5-6-7-8-9-10-11-12-13-14-15-16-17-18(19)20;/h6-7,9-10H,2-5,8,11-17H2,1H3,(H,19,20);/q;+1/p-1/b7-6-,10-9-;. The molecule has 0 aromatic rings. The number of carboxylic acid groups (broad SMARTS) is 1. The zero-order valence-electron chi connectivity index (χ0n) is 14.1. The summed E-state index contributed by atoms with van der Waals surface area (Å²) < 4.78 is 0. The van der Waals surface area contributed by atoms with Crippen LogP contribution in [0, 0.1) is 0 Å². The van der Waals surface area contributed by atoms with Crippen LogP contribution in [0.4, 0.5) is 0 Å². The van der Waals surface area contributed by atoms with Gasteiger partial charge in [-0.25, -0.2) is 0 Å². The molecule has 21 heavy (non-hydrogen) atoms. The van der Waals surface area contributed by atoms with Gasteiger partial charge in [0.2, 0.25) is 0 Å². The van der Waals surface area contributed by atoms with Crippen LogP contribution in [0.25, 0.3) is 0 Å². The summed E-state index contributed by atoms with van der Waals surface area (Å²) in [5.41, 5.74) is 0. The molecule has 2 nitrogen and oxygen atoms in total. The van der Waals surface area contributed by atoms with Gasteiger partial charge in [-0.05, 0) is 44.9 Å². The fraction of sp³-hybridized carbons (Fsp3) is 0.722. The van der Waals surface area contributed by atoms with Crippen molar-refractivity contribution in [3.05, 3.63) is 24.3 Å². The summed E-state index contributed by atoms with van der Waals surface area (Å²) in [4.78, 5) is 10.2. The minimum atomic E-state index is -0.921. The molecular formula is C18H31LiO2. The van der Waals surface area contributed by atoms with Gasteiger partial charge in [-0.2, -0.15) is 0 Å². The molecule has 0 aromatic heterocycles. The minimum Gasteiger partial charge on any atom is -0.550 e. The van der Waals surface area contributed by atoms with E-state index in [0.29, 0.717) is 0 Å². The molecule has 0 aromatic carbocycles. The van der Waals surface area contributed by atoms with Gasteiger partial charge in [0.15, 0.2) is 0 Å². The Hall–Kier alpha value is -0.453. The Kier molecular flexibility index (Phi) is 21.2. The van der Waals surface area contributed by atoms with Gasteiger partial charge in [0.1, 0.15) is 0 Å². The van der Waals surface area contributed by atoms with E-state index in [0.717, 1.165) is 32.1 Å². The minimum absolute atomic E-state index is 0. The number of hydrogen-bond acceptors (Lipinski definition) is 2. The van der Waals surface area contributed by atoms with Crippen LogP contribution in [-0.4, -0.2) is 5.97 Å². The Morgan fingerprint density at radius 1 is 0.810 bits per heavy atom. The van der Waals surface area contributed by atoms with Crippen molar-refractivity contribution in [2.75, 3.05) is 0 Å². The van der Waals surface area contributed by atoms with Crippen molar-refractivity contribution in [3.8, 4) is 0 Å². The van der Waals surface area contributed by atoms with Gasteiger partial charge in [0, 0.05) is 5.97 Å². The molecule has 0 atom stereocenters. The van der Waals surface area contributed by atoms with E-state index in [-0.39, 0.29) is 25.3 Å². The molecular weight excluding hydrogens is 255 g/mol. The molecule has 0 amide bonds. The Morgan fingerprint density at radius 3 is 1.90 bits per heavy atom. The molecule has 0 unspecified atom stereocenters. The second-order valence-electron chi connectivity index (χ2n) is 5.35. The summed E-state index contributed by atoms with van der Waals surface area (Å²) in [5.74, 6) is -0.921. The average Bonchev–Trinajstić information content (AvgIpc) is 2.43. The van der Waals surface area contributed by atoms with Gasteiger partial charge in [-0.3, -0.25) is 0 Å². The molecule has 0 fully saturated rings. The number of unbranched alkanes of at least 4 members (excludes halogenated alkanes) is 8. The average molecular weight is 286 g/mol. The molecule has 0 aliphatic heterocycles. The summed E-state index contributed by atoms with van der Waals surface area (Å²) in [7, 11) is 0. The monoisotopic (exact) mass is 286 g/mol.